The molecule has 0 bridgehead atoms. The van der Waals surface area contributed by atoms with Crippen LogP contribution in [0.2, 0.25) is 0 Å². The Bertz CT molecular complexity index is 974. The molecule has 4 rings (SSSR count). The van der Waals surface area contributed by atoms with Crippen LogP contribution in [0.5, 0.6) is 5.88 Å². The number of ether oxygens (including phenoxy) is 2. The zero-order valence-electron chi connectivity index (χ0n) is 19.0. The summed E-state index contributed by atoms with van der Waals surface area (Å²) in [7, 11) is -1.46. The minimum atomic E-state index is -3.07. The van der Waals surface area contributed by atoms with Crippen molar-refractivity contribution in [2.24, 2.45) is 5.92 Å². The first-order chi connectivity index (χ1) is 15.4. The number of hydrogen-bond acceptors (Lipinski definition) is 6. The van der Waals surface area contributed by atoms with Crippen LogP contribution in [0, 0.1) is 5.92 Å². The second-order valence-corrected chi connectivity index (χ2v) is 11.3. The summed E-state index contributed by atoms with van der Waals surface area (Å²) in [6, 6.07) is 16.4. The molecule has 0 amide bonds. The van der Waals surface area contributed by atoms with E-state index in [0.29, 0.717) is 18.4 Å². The van der Waals surface area contributed by atoms with Gasteiger partial charge in [-0.15, -0.1) is 0 Å². The van der Waals surface area contributed by atoms with E-state index in [-0.39, 0.29) is 23.8 Å². The normalized spacial score (nSPS) is 26.2. The van der Waals surface area contributed by atoms with Crippen molar-refractivity contribution >= 4 is 15.7 Å². The summed E-state index contributed by atoms with van der Waals surface area (Å²) in [5.74, 6) is 2.22. The van der Waals surface area contributed by atoms with Crippen molar-refractivity contribution in [2.75, 3.05) is 37.2 Å². The van der Waals surface area contributed by atoms with Gasteiger partial charge in [-0.3, -0.25) is 0 Å². The smallest absolute Gasteiger partial charge is 0.214 e. The fourth-order valence-electron chi connectivity index (χ4n) is 5.21. The highest BCUT2D eigenvalue weighted by Crippen LogP contribution is 2.35. The lowest BCUT2D eigenvalue weighted by Crippen LogP contribution is -2.40. The third-order valence-electron chi connectivity index (χ3n) is 6.86. The molecule has 2 aromatic rings. The highest BCUT2D eigenvalue weighted by Gasteiger charge is 2.38. The molecule has 1 aliphatic heterocycles. The second-order valence-electron chi connectivity index (χ2n) is 9.16. The van der Waals surface area contributed by atoms with Crippen molar-refractivity contribution in [3.05, 3.63) is 54.1 Å². The number of methoxy groups -OCH3 is 1. The van der Waals surface area contributed by atoms with Gasteiger partial charge < -0.3 is 14.4 Å². The number of pyridine rings is 1. The molecular weight excluding hydrogens is 424 g/mol. The fourth-order valence-corrected chi connectivity index (χ4v) is 6.38. The highest BCUT2D eigenvalue weighted by molar-refractivity contribution is 7.90. The van der Waals surface area contributed by atoms with Gasteiger partial charge in [0.1, 0.15) is 15.7 Å². The van der Waals surface area contributed by atoms with E-state index in [1.807, 2.05) is 18.2 Å². The Morgan fingerprint density at radius 3 is 2.44 bits per heavy atom. The van der Waals surface area contributed by atoms with E-state index in [2.05, 4.69) is 40.2 Å². The maximum atomic E-state index is 12.1. The van der Waals surface area contributed by atoms with Gasteiger partial charge in [0.15, 0.2) is 0 Å². The van der Waals surface area contributed by atoms with Gasteiger partial charge in [0.25, 0.3) is 0 Å². The summed E-state index contributed by atoms with van der Waals surface area (Å²) in [6.07, 6.45) is 6.72. The van der Waals surface area contributed by atoms with Gasteiger partial charge in [-0.1, -0.05) is 36.4 Å². The van der Waals surface area contributed by atoms with Crippen LogP contribution in [-0.4, -0.2) is 57.8 Å². The first kappa shape index (κ1) is 23.1. The molecule has 2 heterocycles. The Labute approximate surface area is 191 Å². The molecule has 6 nitrogen and oxygen atoms in total. The average Bonchev–Trinajstić information content (AvgIpc) is 3.19. The van der Waals surface area contributed by atoms with Gasteiger partial charge in [-0.05, 0) is 55.6 Å². The molecule has 0 radical (unpaired) electrons. The summed E-state index contributed by atoms with van der Waals surface area (Å²) >= 11 is 0. The molecular formula is C25H34N2O4S. The van der Waals surface area contributed by atoms with Crippen molar-refractivity contribution in [2.45, 2.75) is 50.2 Å². The van der Waals surface area contributed by atoms with E-state index < -0.39 is 9.84 Å². The Morgan fingerprint density at radius 2 is 1.75 bits per heavy atom. The standard InChI is InChI=1S/C25H34N2O4S/c1-30-25-10-6-9-24(26-25)27-16-15-21(18-32(2,28)29)23(27)17-31-22-13-11-20(12-14-22)19-7-4-3-5-8-19/h3-10,20-23H,11-18H2,1-2H3/t20?,21-,22?,23+/m1/s1. The van der Waals surface area contributed by atoms with Crippen molar-refractivity contribution in [1.82, 2.24) is 4.98 Å². The second kappa shape index (κ2) is 10.2. The fraction of sp³-hybridized carbons (Fsp3) is 0.560. The summed E-state index contributed by atoms with van der Waals surface area (Å²) < 4.78 is 35.8. The number of sulfone groups is 1. The number of anilines is 1. The molecule has 32 heavy (non-hydrogen) atoms. The molecule has 1 saturated heterocycles. The molecule has 1 aromatic carbocycles. The van der Waals surface area contributed by atoms with Crippen LogP contribution >= 0.6 is 0 Å². The van der Waals surface area contributed by atoms with Crippen LogP contribution in [0.15, 0.2) is 48.5 Å². The Morgan fingerprint density at radius 1 is 1.00 bits per heavy atom. The number of rotatable bonds is 8. The summed E-state index contributed by atoms with van der Waals surface area (Å²) in [4.78, 5) is 6.79. The van der Waals surface area contributed by atoms with E-state index in [0.717, 1.165) is 44.5 Å². The predicted octanol–water partition coefficient (Wildman–Crippen LogP) is 4.07. The van der Waals surface area contributed by atoms with Crippen molar-refractivity contribution < 1.29 is 17.9 Å². The summed E-state index contributed by atoms with van der Waals surface area (Å²) in [5, 5.41) is 0. The quantitative estimate of drug-likeness (QED) is 0.594. The highest BCUT2D eigenvalue weighted by atomic mass is 32.2. The average molecular weight is 459 g/mol. The Hall–Kier alpha value is -2.12. The third-order valence-corrected chi connectivity index (χ3v) is 7.90. The largest absolute Gasteiger partial charge is 0.481 e. The van der Waals surface area contributed by atoms with E-state index >= 15 is 0 Å². The Balaban J connectivity index is 1.41. The van der Waals surface area contributed by atoms with Crippen LogP contribution in [0.4, 0.5) is 5.82 Å². The van der Waals surface area contributed by atoms with Crippen molar-refractivity contribution in [3.63, 3.8) is 0 Å². The number of hydrogen-bond donors (Lipinski definition) is 0. The lowest BCUT2D eigenvalue weighted by molar-refractivity contribution is 0.0135. The lowest BCUT2D eigenvalue weighted by Gasteiger charge is -2.33. The molecule has 0 unspecified atom stereocenters. The van der Waals surface area contributed by atoms with Crippen LogP contribution < -0.4 is 9.64 Å². The molecule has 1 aliphatic carbocycles. The van der Waals surface area contributed by atoms with E-state index in [1.54, 1.807) is 7.11 Å². The van der Waals surface area contributed by atoms with Crippen LogP contribution in [0.1, 0.15) is 43.6 Å². The molecule has 1 saturated carbocycles. The summed E-state index contributed by atoms with van der Waals surface area (Å²) in [6.45, 7) is 1.30. The molecule has 2 aliphatic rings. The van der Waals surface area contributed by atoms with E-state index in [1.165, 1.54) is 11.8 Å². The minimum absolute atomic E-state index is 0.00354. The van der Waals surface area contributed by atoms with E-state index in [4.69, 9.17) is 9.47 Å². The maximum Gasteiger partial charge on any atom is 0.214 e. The van der Waals surface area contributed by atoms with Crippen LogP contribution in [0.3, 0.4) is 0 Å². The zero-order valence-corrected chi connectivity index (χ0v) is 19.8. The number of benzene rings is 1. The predicted molar refractivity (Wildman–Crippen MR) is 127 cm³/mol. The topological polar surface area (TPSA) is 68.7 Å². The Kier molecular flexibility index (Phi) is 7.36. The molecule has 174 valence electrons. The molecule has 2 fully saturated rings. The molecule has 0 N–H and O–H groups in total. The molecule has 7 heteroatoms. The zero-order chi connectivity index (χ0) is 22.6. The molecule has 1 aromatic heterocycles. The molecule has 0 spiro atoms. The van der Waals surface area contributed by atoms with Gasteiger partial charge >= 0.3 is 0 Å². The first-order valence-electron chi connectivity index (χ1n) is 11.5. The third kappa shape index (κ3) is 5.81. The van der Waals surface area contributed by atoms with Crippen LogP contribution in [-0.2, 0) is 14.6 Å². The van der Waals surface area contributed by atoms with E-state index in [9.17, 15) is 8.42 Å². The van der Waals surface area contributed by atoms with Crippen molar-refractivity contribution in [3.8, 4) is 5.88 Å². The van der Waals surface area contributed by atoms with Gasteiger partial charge in [0, 0.05) is 18.9 Å². The lowest BCUT2D eigenvalue weighted by atomic mass is 9.83. The van der Waals surface area contributed by atoms with Gasteiger partial charge in [-0.25, -0.2) is 8.42 Å². The SMILES string of the molecule is COc1cccc(N2CC[C@H](CS(C)(=O)=O)[C@@H]2COC2CCC(c3ccccc3)CC2)n1. The van der Waals surface area contributed by atoms with Gasteiger partial charge in [0.05, 0.1) is 31.6 Å². The van der Waals surface area contributed by atoms with Crippen LogP contribution in [0.25, 0.3) is 0 Å². The maximum absolute atomic E-state index is 12.1. The van der Waals surface area contributed by atoms with Gasteiger partial charge in [0.2, 0.25) is 5.88 Å². The first-order valence-corrected chi connectivity index (χ1v) is 13.6. The molecule has 2 atom stereocenters. The minimum Gasteiger partial charge on any atom is -0.481 e. The monoisotopic (exact) mass is 458 g/mol. The number of nitrogens with zero attached hydrogens (tertiary/aromatic N) is 2. The van der Waals surface area contributed by atoms with Crippen molar-refractivity contribution in [1.29, 1.82) is 0 Å². The number of aromatic nitrogens is 1. The summed E-state index contributed by atoms with van der Waals surface area (Å²) in [5.41, 5.74) is 1.42. The van der Waals surface area contributed by atoms with Gasteiger partial charge in [-0.2, -0.15) is 4.98 Å².